The molecule has 1 atom stereocenters. The first-order chi connectivity index (χ1) is 11.4. The molecule has 1 amide bonds. The van der Waals surface area contributed by atoms with E-state index in [4.69, 9.17) is 9.84 Å². The van der Waals surface area contributed by atoms with Crippen molar-refractivity contribution in [3.05, 3.63) is 65.2 Å². The maximum atomic E-state index is 12.6. The van der Waals surface area contributed by atoms with Crippen LogP contribution in [0.25, 0.3) is 0 Å². The van der Waals surface area contributed by atoms with Gasteiger partial charge in [0.25, 0.3) is 0 Å². The zero-order valence-corrected chi connectivity index (χ0v) is 14.0. The Morgan fingerprint density at radius 2 is 1.67 bits per heavy atom. The molecule has 0 aromatic heterocycles. The molecule has 24 heavy (non-hydrogen) atoms. The van der Waals surface area contributed by atoms with Crippen LogP contribution < -0.4 is 4.74 Å². The van der Waals surface area contributed by atoms with Crippen molar-refractivity contribution < 1.29 is 19.4 Å². The Morgan fingerprint density at radius 3 is 2.17 bits per heavy atom. The van der Waals surface area contributed by atoms with E-state index in [9.17, 15) is 9.59 Å². The van der Waals surface area contributed by atoms with Gasteiger partial charge in [0.2, 0.25) is 5.91 Å². The fourth-order valence-electron chi connectivity index (χ4n) is 2.47. The van der Waals surface area contributed by atoms with Crippen LogP contribution in [0.5, 0.6) is 5.75 Å². The minimum absolute atomic E-state index is 0.00229. The highest BCUT2D eigenvalue weighted by Gasteiger charge is 2.19. The van der Waals surface area contributed by atoms with Crippen LogP contribution in [0.1, 0.15) is 34.3 Å². The van der Waals surface area contributed by atoms with E-state index in [2.05, 4.69) is 0 Å². The van der Waals surface area contributed by atoms with E-state index in [1.54, 1.807) is 43.3 Å². The summed E-state index contributed by atoms with van der Waals surface area (Å²) in [6, 6.07) is 14.0. The molecule has 0 aliphatic carbocycles. The smallest absolute Gasteiger partial charge is 0.335 e. The lowest BCUT2D eigenvalue weighted by molar-refractivity contribution is -0.131. The van der Waals surface area contributed by atoms with E-state index >= 15 is 0 Å². The molecule has 2 rings (SSSR count). The Morgan fingerprint density at radius 1 is 1.08 bits per heavy atom. The van der Waals surface area contributed by atoms with Gasteiger partial charge in [-0.3, -0.25) is 4.79 Å². The van der Waals surface area contributed by atoms with Crippen molar-refractivity contribution in [3.63, 3.8) is 0 Å². The van der Waals surface area contributed by atoms with Gasteiger partial charge in [0, 0.05) is 13.6 Å². The van der Waals surface area contributed by atoms with E-state index in [1.165, 1.54) is 0 Å². The molecule has 5 heteroatoms. The highest BCUT2D eigenvalue weighted by molar-refractivity contribution is 5.87. The first kappa shape index (κ1) is 17.5. The molecule has 1 unspecified atom stereocenters. The number of amides is 1. The van der Waals surface area contributed by atoms with E-state index in [-0.39, 0.29) is 17.4 Å². The maximum Gasteiger partial charge on any atom is 0.335 e. The summed E-state index contributed by atoms with van der Waals surface area (Å²) < 4.78 is 5.13. The average Bonchev–Trinajstić information content (AvgIpc) is 2.61. The van der Waals surface area contributed by atoms with Crippen molar-refractivity contribution >= 4 is 11.9 Å². The monoisotopic (exact) mass is 327 g/mol. The molecular formula is C19H21NO4. The average molecular weight is 327 g/mol. The van der Waals surface area contributed by atoms with E-state index in [1.807, 2.05) is 31.2 Å². The van der Waals surface area contributed by atoms with Gasteiger partial charge in [-0.25, -0.2) is 4.79 Å². The highest BCUT2D eigenvalue weighted by Crippen LogP contribution is 2.21. The third kappa shape index (κ3) is 4.13. The van der Waals surface area contributed by atoms with Crippen LogP contribution in [0.2, 0.25) is 0 Å². The quantitative estimate of drug-likeness (QED) is 0.885. The number of carbonyl (C=O) groups is 2. The van der Waals surface area contributed by atoms with Gasteiger partial charge < -0.3 is 14.7 Å². The topological polar surface area (TPSA) is 66.8 Å². The molecule has 0 spiro atoms. The number of hydrogen-bond acceptors (Lipinski definition) is 3. The van der Waals surface area contributed by atoms with Crippen molar-refractivity contribution in [3.8, 4) is 5.75 Å². The van der Waals surface area contributed by atoms with Crippen molar-refractivity contribution in [2.24, 2.45) is 0 Å². The van der Waals surface area contributed by atoms with Crippen molar-refractivity contribution in [1.29, 1.82) is 0 Å². The van der Waals surface area contributed by atoms with Crippen LogP contribution in [0, 0.1) is 0 Å². The molecule has 0 aliphatic heterocycles. The normalized spacial score (nSPS) is 11.6. The van der Waals surface area contributed by atoms with Crippen LogP contribution in [0.15, 0.2) is 48.5 Å². The first-order valence-corrected chi connectivity index (χ1v) is 7.63. The molecular weight excluding hydrogens is 306 g/mol. The Labute approximate surface area is 141 Å². The third-order valence-electron chi connectivity index (χ3n) is 3.98. The minimum atomic E-state index is -0.959. The molecule has 2 aromatic carbocycles. The van der Waals surface area contributed by atoms with Crippen molar-refractivity contribution in [2.75, 3.05) is 14.2 Å². The summed E-state index contributed by atoms with van der Waals surface area (Å²) in [6.45, 7) is 2.30. The molecule has 1 N–H and O–H groups in total. The number of carbonyl (C=O) groups excluding carboxylic acids is 1. The molecule has 0 saturated heterocycles. The molecule has 0 aliphatic rings. The van der Waals surface area contributed by atoms with Crippen LogP contribution in [0.4, 0.5) is 0 Å². The number of ether oxygens (including phenoxy) is 1. The predicted octanol–water partition coefficient (Wildman–Crippen LogP) is 3.16. The summed E-state index contributed by atoms with van der Waals surface area (Å²) in [4.78, 5) is 25.1. The van der Waals surface area contributed by atoms with Crippen molar-refractivity contribution in [2.45, 2.75) is 19.4 Å². The van der Waals surface area contributed by atoms with E-state index in [0.29, 0.717) is 6.54 Å². The number of carboxylic acid groups (broad SMARTS) is 1. The van der Waals surface area contributed by atoms with Crippen LogP contribution in [-0.4, -0.2) is 36.0 Å². The number of likely N-dealkylation sites (N-methyl/N-ethyl adjacent to an activating group) is 1. The predicted molar refractivity (Wildman–Crippen MR) is 91.3 cm³/mol. The van der Waals surface area contributed by atoms with Gasteiger partial charge in [0.1, 0.15) is 5.75 Å². The van der Waals surface area contributed by atoms with Gasteiger partial charge in [0.15, 0.2) is 0 Å². The molecule has 0 bridgehead atoms. The van der Waals surface area contributed by atoms with Crippen LogP contribution >= 0.6 is 0 Å². The molecule has 2 aromatic rings. The zero-order chi connectivity index (χ0) is 17.7. The van der Waals surface area contributed by atoms with Crippen LogP contribution in [0.3, 0.4) is 0 Å². The first-order valence-electron chi connectivity index (χ1n) is 7.63. The van der Waals surface area contributed by atoms with E-state index in [0.717, 1.165) is 16.9 Å². The second-order valence-corrected chi connectivity index (χ2v) is 5.69. The molecule has 0 fully saturated rings. The van der Waals surface area contributed by atoms with Gasteiger partial charge in [0.05, 0.1) is 18.6 Å². The van der Waals surface area contributed by atoms with Crippen LogP contribution in [-0.2, 0) is 11.3 Å². The Kier molecular flexibility index (Phi) is 5.58. The van der Waals surface area contributed by atoms with E-state index < -0.39 is 5.97 Å². The molecule has 5 nitrogen and oxygen atoms in total. The Bertz CT molecular complexity index is 707. The molecule has 0 saturated carbocycles. The van der Waals surface area contributed by atoms with Gasteiger partial charge in [-0.05, 0) is 42.3 Å². The molecule has 0 heterocycles. The van der Waals surface area contributed by atoms with Gasteiger partial charge >= 0.3 is 5.97 Å². The molecule has 126 valence electrons. The number of methoxy groups -OCH3 is 1. The fourth-order valence-corrected chi connectivity index (χ4v) is 2.47. The summed E-state index contributed by atoms with van der Waals surface area (Å²) >= 11 is 0. The van der Waals surface area contributed by atoms with Gasteiger partial charge in [-0.15, -0.1) is 0 Å². The number of nitrogens with zero attached hydrogens (tertiary/aromatic N) is 1. The summed E-state index contributed by atoms with van der Waals surface area (Å²) in [5.41, 5.74) is 2.05. The summed E-state index contributed by atoms with van der Waals surface area (Å²) in [6.07, 6.45) is 0. The summed E-state index contributed by atoms with van der Waals surface area (Å²) in [7, 11) is 3.35. The van der Waals surface area contributed by atoms with Crippen molar-refractivity contribution in [1.82, 2.24) is 4.90 Å². The van der Waals surface area contributed by atoms with Gasteiger partial charge in [-0.1, -0.05) is 24.3 Å². The second-order valence-electron chi connectivity index (χ2n) is 5.69. The molecule has 0 radical (unpaired) electrons. The Hall–Kier alpha value is -2.82. The van der Waals surface area contributed by atoms with Gasteiger partial charge in [-0.2, -0.15) is 0 Å². The number of rotatable bonds is 6. The highest BCUT2D eigenvalue weighted by atomic mass is 16.5. The lowest BCUT2D eigenvalue weighted by Crippen LogP contribution is -2.30. The minimum Gasteiger partial charge on any atom is -0.497 e. The SMILES string of the molecule is COc1ccc(C(C)C(=O)N(C)Cc2ccc(C(=O)O)cc2)cc1. The lowest BCUT2D eigenvalue weighted by Gasteiger charge is -2.22. The number of benzene rings is 2. The maximum absolute atomic E-state index is 12.6. The number of carboxylic acids is 1. The third-order valence-corrected chi connectivity index (χ3v) is 3.98. The summed E-state index contributed by atoms with van der Waals surface area (Å²) in [5, 5.41) is 8.91. The standard InChI is InChI=1S/C19H21NO4/c1-13(15-8-10-17(24-3)11-9-15)18(21)20(2)12-14-4-6-16(7-5-14)19(22)23/h4-11,13H,12H2,1-3H3,(H,22,23). The lowest BCUT2D eigenvalue weighted by atomic mass is 9.99. The second kappa shape index (κ2) is 7.64. The fraction of sp³-hybridized carbons (Fsp3) is 0.263. The number of aromatic carboxylic acids is 1. The zero-order valence-electron chi connectivity index (χ0n) is 14.0. The number of hydrogen-bond donors (Lipinski definition) is 1. The Balaban J connectivity index is 2.03. The largest absolute Gasteiger partial charge is 0.497 e. The summed E-state index contributed by atoms with van der Waals surface area (Å²) in [5.74, 6) is -0.467.